The first kappa shape index (κ1) is 26.6. The van der Waals surface area contributed by atoms with Crippen molar-refractivity contribution < 1.29 is 24.2 Å². The maximum absolute atomic E-state index is 13.6. The minimum absolute atomic E-state index is 0.0530. The van der Waals surface area contributed by atoms with Gasteiger partial charge in [-0.2, -0.15) is 10.2 Å². The number of ketones is 1. The molecule has 5 aromatic rings. The first-order valence-corrected chi connectivity index (χ1v) is 14.2. The summed E-state index contributed by atoms with van der Waals surface area (Å²) in [6.45, 7) is 2.85. The molecule has 43 heavy (non-hydrogen) atoms. The largest absolute Gasteiger partial charge is 0.486 e. The lowest BCUT2D eigenvalue weighted by Crippen LogP contribution is -2.52. The van der Waals surface area contributed by atoms with Crippen LogP contribution in [0.3, 0.4) is 0 Å². The molecule has 1 N–H and O–H groups in total. The zero-order valence-corrected chi connectivity index (χ0v) is 23.8. The van der Waals surface area contributed by atoms with Crippen LogP contribution in [0.15, 0.2) is 73.1 Å². The topological polar surface area (TPSA) is 120 Å². The van der Waals surface area contributed by atoms with Gasteiger partial charge in [-0.15, -0.1) is 0 Å². The highest BCUT2D eigenvalue weighted by Crippen LogP contribution is 2.41. The molecule has 10 heteroatoms. The number of carboxylic acids is 1. The summed E-state index contributed by atoms with van der Waals surface area (Å²) in [6.07, 6.45) is 5.08. The Kier molecular flexibility index (Phi) is 6.16. The highest BCUT2D eigenvalue weighted by Gasteiger charge is 2.44. The van der Waals surface area contributed by atoms with Crippen LogP contribution in [0.2, 0.25) is 0 Å². The molecular weight excluding hydrogens is 546 g/mol. The second kappa shape index (κ2) is 9.94. The molecule has 4 heterocycles. The molecule has 1 spiro atoms. The Hall–Kier alpha value is -5.25. The zero-order chi connectivity index (χ0) is 29.9. The summed E-state index contributed by atoms with van der Waals surface area (Å²) >= 11 is 0. The molecule has 1 amide bonds. The van der Waals surface area contributed by atoms with Crippen molar-refractivity contribution in [1.29, 1.82) is 0 Å². The van der Waals surface area contributed by atoms with Crippen molar-refractivity contribution in [2.75, 3.05) is 13.1 Å². The second-order valence-electron chi connectivity index (χ2n) is 11.4. The molecule has 1 saturated heterocycles. The van der Waals surface area contributed by atoms with Crippen molar-refractivity contribution in [3.05, 3.63) is 95.4 Å². The van der Waals surface area contributed by atoms with Gasteiger partial charge in [-0.05, 0) is 61.0 Å². The van der Waals surface area contributed by atoms with E-state index in [4.69, 9.17) is 4.74 Å². The number of carbonyl (C=O) groups is 3. The number of aromatic carboxylic acids is 1. The third-order valence-electron chi connectivity index (χ3n) is 8.56. The fourth-order valence-corrected chi connectivity index (χ4v) is 6.17. The SMILES string of the molecule is Cc1nn(-c2ccc(C(=O)O)cc2)c2cc(C(=O)N3CCC4(CC3)CC(=O)c3cc(-c5cnn(C)c5)ccc3O4)ccc12. The molecule has 2 aliphatic heterocycles. The monoisotopic (exact) mass is 575 g/mol. The number of ether oxygens (including phenoxy) is 1. The predicted molar refractivity (Wildman–Crippen MR) is 159 cm³/mol. The number of likely N-dealkylation sites (tertiary alicyclic amines) is 1. The first-order chi connectivity index (χ1) is 20.7. The summed E-state index contributed by atoms with van der Waals surface area (Å²) in [5.41, 5.74) is 4.84. The molecule has 2 aromatic heterocycles. The standard InChI is InChI=1S/C33H29N5O5/c1-20-26-9-5-23(16-28(26)38(35-20)25-7-3-21(4-8-25)32(41)42)31(40)37-13-11-33(12-14-37)17-29(39)27-15-22(6-10-30(27)43-33)24-18-34-36(2)19-24/h3-10,15-16,18-19H,11-14,17H2,1-2H3,(H,41,42). The van der Waals surface area contributed by atoms with Crippen molar-refractivity contribution in [3.8, 4) is 22.6 Å². The number of carboxylic acid groups (broad SMARTS) is 1. The number of rotatable bonds is 4. The van der Waals surface area contributed by atoms with E-state index in [-0.39, 0.29) is 23.7 Å². The van der Waals surface area contributed by atoms with Gasteiger partial charge in [0.25, 0.3) is 5.91 Å². The smallest absolute Gasteiger partial charge is 0.335 e. The maximum Gasteiger partial charge on any atom is 0.335 e. The molecule has 7 rings (SSSR count). The van der Waals surface area contributed by atoms with E-state index in [0.29, 0.717) is 48.5 Å². The minimum Gasteiger partial charge on any atom is -0.486 e. The second-order valence-corrected chi connectivity index (χ2v) is 11.4. The lowest BCUT2D eigenvalue weighted by Gasteiger charge is -2.44. The van der Waals surface area contributed by atoms with E-state index in [0.717, 1.165) is 27.7 Å². The van der Waals surface area contributed by atoms with E-state index in [2.05, 4.69) is 10.2 Å². The Morgan fingerprint density at radius 2 is 1.70 bits per heavy atom. The summed E-state index contributed by atoms with van der Waals surface area (Å²) in [6, 6.07) is 17.7. The van der Waals surface area contributed by atoms with Crippen LogP contribution in [0.1, 0.15) is 56.0 Å². The quantitative estimate of drug-likeness (QED) is 0.318. The van der Waals surface area contributed by atoms with Gasteiger partial charge in [0.15, 0.2) is 5.78 Å². The lowest BCUT2D eigenvalue weighted by atomic mass is 9.82. The molecule has 0 atom stereocenters. The number of aryl methyl sites for hydroxylation is 2. The van der Waals surface area contributed by atoms with E-state index in [1.54, 1.807) is 27.7 Å². The van der Waals surface area contributed by atoms with E-state index < -0.39 is 11.6 Å². The number of piperidine rings is 1. The van der Waals surface area contributed by atoms with Gasteiger partial charge in [-0.3, -0.25) is 14.3 Å². The Balaban J connectivity index is 1.09. The molecule has 0 bridgehead atoms. The highest BCUT2D eigenvalue weighted by molar-refractivity contribution is 6.02. The number of hydrogen-bond acceptors (Lipinski definition) is 6. The number of benzene rings is 3. The summed E-state index contributed by atoms with van der Waals surface area (Å²) in [5.74, 6) is -0.440. The van der Waals surface area contributed by atoms with Crippen LogP contribution in [0.5, 0.6) is 5.75 Å². The number of Topliss-reactive ketones (excluding diaryl/α,β-unsaturated/α-hetero) is 1. The number of hydrogen-bond donors (Lipinski definition) is 1. The molecule has 0 saturated carbocycles. The average Bonchev–Trinajstić information content (AvgIpc) is 3.59. The molecule has 0 radical (unpaired) electrons. The molecule has 216 valence electrons. The van der Waals surface area contributed by atoms with Crippen LogP contribution in [0.4, 0.5) is 0 Å². The molecule has 3 aromatic carbocycles. The van der Waals surface area contributed by atoms with E-state index in [1.807, 2.05) is 61.5 Å². The Morgan fingerprint density at radius 3 is 2.40 bits per heavy atom. The van der Waals surface area contributed by atoms with Crippen molar-refractivity contribution >= 4 is 28.6 Å². The van der Waals surface area contributed by atoms with Crippen LogP contribution >= 0.6 is 0 Å². The zero-order valence-electron chi connectivity index (χ0n) is 23.8. The maximum atomic E-state index is 13.6. The number of nitrogens with zero attached hydrogens (tertiary/aromatic N) is 5. The van der Waals surface area contributed by atoms with Crippen LogP contribution in [-0.4, -0.2) is 65.9 Å². The predicted octanol–water partition coefficient (Wildman–Crippen LogP) is 5.07. The normalized spacial score (nSPS) is 15.9. The van der Waals surface area contributed by atoms with Gasteiger partial charge in [0.1, 0.15) is 11.4 Å². The summed E-state index contributed by atoms with van der Waals surface area (Å²) in [4.78, 5) is 40.0. The van der Waals surface area contributed by atoms with Crippen molar-refractivity contribution in [2.45, 2.75) is 31.8 Å². The van der Waals surface area contributed by atoms with Crippen LogP contribution < -0.4 is 4.74 Å². The number of aromatic nitrogens is 4. The molecule has 0 aliphatic carbocycles. The Morgan fingerprint density at radius 1 is 0.953 bits per heavy atom. The third kappa shape index (κ3) is 4.64. The third-order valence-corrected chi connectivity index (χ3v) is 8.56. The van der Waals surface area contributed by atoms with Gasteiger partial charge in [0.2, 0.25) is 0 Å². The van der Waals surface area contributed by atoms with Crippen molar-refractivity contribution in [1.82, 2.24) is 24.5 Å². The molecule has 0 unspecified atom stereocenters. The van der Waals surface area contributed by atoms with Crippen LogP contribution in [0.25, 0.3) is 27.7 Å². The number of fused-ring (bicyclic) bond motifs is 2. The van der Waals surface area contributed by atoms with Gasteiger partial charge in [0, 0.05) is 55.7 Å². The van der Waals surface area contributed by atoms with Crippen LogP contribution in [-0.2, 0) is 7.05 Å². The van der Waals surface area contributed by atoms with Gasteiger partial charge >= 0.3 is 5.97 Å². The summed E-state index contributed by atoms with van der Waals surface area (Å²) in [7, 11) is 1.86. The van der Waals surface area contributed by atoms with E-state index >= 15 is 0 Å². The summed E-state index contributed by atoms with van der Waals surface area (Å²) in [5, 5.41) is 19.0. The van der Waals surface area contributed by atoms with Gasteiger partial charge in [-0.1, -0.05) is 12.1 Å². The number of carbonyl (C=O) groups excluding carboxylic acids is 2. The molecule has 2 aliphatic rings. The number of amides is 1. The van der Waals surface area contributed by atoms with Gasteiger partial charge in [0.05, 0.1) is 40.6 Å². The highest BCUT2D eigenvalue weighted by atomic mass is 16.5. The first-order valence-electron chi connectivity index (χ1n) is 14.2. The summed E-state index contributed by atoms with van der Waals surface area (Å²) < 4.78 is 9.94. The fraction of sp³-hybridized carbons (Fsp3) is 0.242. The van der Waals surface area contributed by atoms with E-state index in [9.17, 15) is 19.5 Å². The Bertz CT molecular complexity index is 1930. The Labute approximate surface area is 247 Å². The fourth-order valence-electron chi connectivity index (χ4n) is 6.17. The van der Waals surface area contributed by atoms with Gasteiger partial charge in [-0.25, -0.2) is 9.48 Å². The van der Waals surface area contributed by atoms with Gasteiger partial charge < -0.3 is 14.7 Å². The molecule has 1 fully saturated rings. The van der Waals surface area contributed by atoms with Crippen molar-refractivity contribution in [2.24, 2.45) is 7.05 Å². The van der Waals surface area contributed by atoms with E-state index in [1.165, 1.54) is 12.1 Å². The van der Waals surface area contributed by atoms with Crippen molar-refractivity contribution in [3.63, 3.8) is 0 Å². The average molecular weight is 576 g/mol. The lowest BCUT2D eigenvalue weighted by molar-refractivity contribution is -0.00571. The molecule has 10 nitrogen and oxygen atoms in total. The molecular formula is C33H29N5O5. The minimum atomic E-state index is -0.994. The van der Waals surface area contributed by atoms with Crippen LogP contribution in [0, 0.1) is 6.92 Å².